The normalized spacial score (nSPS) is 14.1. The minimum absolute atomic E-state index is 0. The zero-order chi connectivity index (χ0) is 20.9. The highest BCUT2D eigenvalue weighted by Crippen LogP contribution is 2.19. The minimum Gasteiger partial charge on any atom is -1.00 e. The van der Waals surface area contributed by atoms with Crippen LogP contribution >= 0.6 is 0 Å². The van der Waals surface area contributed by atoms with Crippen molar-refractivity contribution in [2.24, 2.45) is 0 Å². The van der Waals surface area contributed by atoms with E-state index in [0.717, 1.165) is 22.2 Å². The van der Waals surface area contributed by atoms with E-state index in [-0.39, 0.29) is 24.9 Å². The number of H-pyrrole nitrogens is 2. The Balaban J connectivity index is 0.00000272. The monoisotopic (exact) mass is 438 g/mol. The lowest BCUT2D eigenvalue weighted by Crippen LogP contribution is -3.00. The number of benzene rings is 2. The summed E-state index contributed by atoms with van der Waals surface area (Å²) in [5, 5.41) is 9.61. The third kappa shape index (κ3) is 5.43. The summed E-state index contributed by atoms with van der Waals surface area (Å²) in [4.78, 5) is 20.4. The van der Waals surface area contributed by atoms with E-state index in [1.54, 1.807) is 23.1 Å². The molecule has 2 heterocycles. The molecular weight excluding hydrogens is 416 g/mol. The summed E-state index contributed by atoms with van der Waals surface area (Å²) in [7, 11) is 0. The van der Waals surface area contributed by atoms with Crippen molar-refractivity contribution in [3.63, 3.8) is 0 Å². The number of aromatic nitrogens is 2. The number of carbonyl (C=O) groups is 1. The van der Waals surface area contributed by atoms with Gasteiger partial charge in [0.2, 0.25) is 0 Å². The molecule has 4 rings (SSSR count). The van der Waals surface area contributed by atoms with E-state index in [4.69, 9.17) is 9.47 Å². The molecular formula is C23H23ClN4O3. The van der Waals surface area contributed by atoms with Crippen LogP contribution in [0.5, 0.6) is 5.75 Å². The average Bonchev–Trinajstić information content (AvgIpc) is 3.20. The Bertz CT molecular complexity index is 1130. The van der Waals surface area contributed by atoms with Crippen molar-refractivity contribution in [3.05, 3.63) is 59.4 Å². The van der Waals surface area contributed by atoms with Crippen LogP contribution in [-0.4, -0.2) is 48.7 Å². The Labute approximate surface area is 186 Å². The first-order valence-electron chi connectivity index (χ1n) is 9.84. The van der Waals surface area contributed by atoms with E-state index >= 15 is 0 Å². The van der Waals surface area contributed by atoms with Crippen molar-refractivity contribution in [3.8, 4) is 11.8 Å². The van der Waals surface area contributed by atoms with E-state index in [0.29, 0.717) is 43.5 Å². The molecule has 1 saturated heterocycles. The van der Waals surface area contributed by atoms with Gasteiger partial charge in [0.15, 0.2) is 17.6 Å². The summed E-state index contributed by atoms with van der Waals surface area (Å²) < 4.78 is 10.9. The summed E-state index contributed by atoms with van der Waals surface area (Å²) in [5.74, 6) is 1.23. The number of nitriles is 1. The van der Waals surface area contributed by atoms with Crippen molar-refractivity contribution < 1.29 is 31.7 Å². The number of morpholine rings is 1. The van der Waals surface area contributed by atoms with Crippen LogP contribution in [0.1, 0.15) is 17.0 Å². The van der Waals surface area contributed by atoms with E-state index in [2.05, 4.69) is 16.0 Å². The molecule has 0 radical (unpaired) electrons. The Morgan fingerprint density at radius 2 is 2.00 bits per heavy atom. The van der Waals surface area contributed by atoms with Crippen LogP contribution in [-0.2, 0) is 9.53 Å². The van der Waals surface area contributed by atoms with Crippen molar-refractivity contribution in [1.82, 2.24) is 9.88 Å². The number of ether oxygens (including phenoxy) is 2. The summed E-state index contributed by atoms with van der Waals surface area (Å²) in [6.45, 7) is 4.38. The van der Waals surface area contributed by atoms with Gasteiger partial charge in [-0.25, -0.2) is 9.97 Å². The zero-order valence-corrected chi connectivity index (χ0v) is 17.9. The fraction of sp³-hybridized carbons (Fsp3) is 0.261. The Morgan fingerprint density at radius 1 is 1.26 bits per heavy atom. The highest BCUT2D eigenvalue weighted by Gasteiger charge is 2.17. The van der Waals surface area contributed by atoms with E-state index in [9.17, 15) is 10.1 Å². The molecule has 1 aliphatic heterocycles. The maximum atomic E-state index is 12.2. The molecule has 2 aromatic carbocycles. The van der Waals surface area contributed by atoms with Crippen LogP contribution < -0.4 is 22.1 Å². The van der Waals surface area contributed by atoms with Gasteiger partial charge in [-0.3, -0.25) is 4.79 Å². The number of aryl methyl sites for hydroxylation is 1. The Kier molecular flexibility index (Phi) is 7.29. The fourth-order valence-electron chi connectivity index (χ4n) is 3.34. The number of rotatable bonds is 5. The van der Waals surface area contributed by atoms with Gasteiger partial charge in [0.25, 0.3) is 11.7 Å². The molecule has 0 spiro atoms. The fourth-order valence-corrected chi connectivity index (χ4v) is 3.34. The standard InChI is InChI=1S/C23H22N4O3.ClH/c1-16-2-7-20-21(12-16)26-23(25-20)18(14-24)13-17-3-5-19(6-4-17)30-15-22(28)27-8-10-29-11-9-27;/h2-7,12-13H,8-11,15H2,1H3,(H,25,26);1H. The molecule has 0 saturated carbocycles. The molecule has 0 aliphatic carbocycles. The zero-order valence-electron chi connectivity index (χ0n) is 17.2. The van der Waals surface area contributed by atoms with Crippen molar-refractivity contribution in [2.75, 3.05) is 32.9 Å². The SMILES string of the molecule is Cc1ccc2[nH+]c(C(C#N)=Cc3ccc(OCC(=O)N4CCOCC4)cc3)[nH]c2c1.[Cl-]. The predicted octanol–water partition coefficient (Wildman–Crippen LogP) is -0.404. The Hall–Kier alpha value is -3.34. The molecule has 1 aromatic heterocycles. The molecule has 0 atom stereocenters. The first-order valence-corrected chi connectivity index (χ1v) is 9.84. The van der Waals surface area contributed by atoms with Crippen LogP contribution in [0.25, 0.3) is 22.7 Å². The maximum absolute atomic E-state index is 12.2. The van der Waals surface area contributed by atoms with Gasteiger partial charge in [0.05, 0.1) is 13.2 Å². The van der Waals surface area contributed by atoms with Crippen LogP contribution in [0.15, 0.2) is 42.5 Å². The number of imidazole rings is 1. The molecule has 8 heteroatoms. The second-order valence-corrected chi connectivity index (χ2v) is 7.19. The van der Waals surface area contributed by atoms with Gasteiger partial charge in [0.1, 0.15) is 17.4 Å². The summed E-state index contributed by atoms with van der Waals surface area (Å²) in [5.41, 5.74) is 4.42. The molecule has 1 aliphatic rings. The van der Waals surface area contributed by atoms with Crippen molar-refractivity contribution in [1.29, 1.82) is 5.26 Å². The highest BCUT2D eigenvalue weighted by atomic mass is 35.5. The van der Waals surface area contributed by atoms with Crippen LogP contribution in [0, 0.1) is 18.3 Å². The number of hydrogen-bond donors (Lipinski definition) is 1. The van der Waals surface area contributed by atoms with Crippen LogP contribution in [0.2, 0.25) is 0 Å². The third-order valence-corrected chi connectivity index (χ3v) is 5.00. The molecule has 1 fully saturated rings. The van der Waals surface area contributed by atoms with E-state index < -0.39 is 0 Å². The Morgan fingerprint density at radius 3 is 2.71 bits per heavy atom. The molecule has 3 aromatic rings. The van der Waals surface area contributed by atoms with Gasteiger partial charge >= 0.3 is 0 Å². The highest BCUT2D eigenvalue weighted by molar-refractivity contribution is 5.88. The molecule has 7 nitrogen and oxygen atoms in total. The number of amides is 1. The molecule has 1 amide bonds. The second kappa shape index (κ2) is 10.1. The minimum atomic E-state index is -0.0429. The average molecular weight is 439 g/mol. The molecule has 0 unspecified atom stereocenters. The van der Waals surface area contributed by atoms with Gasteiger partial charge in [0, 0.05) is 13.1 Å². The van der Waals surface area contributed by atoms with Crippen LogP contribution in [0.4, 0.5) is 0 Å². The summed E-state index contributed by atoms with van der Waals surface area (Å²) in [6, 6.07) is 15.6. The lowest BCUT2D eigenvalue weighted by molar-refractivity contribution is -0.348. The molecule has 2 N–H and O–H groups in total. The second-order valence-electron chi connectivity index (χ2n) is 7.19. The molecule has 0 bridgehead atoms. The largest absolute Gasteiger partial charge is 1.00 e. The van der Waals surface area contributed by atoms with Gasteiger partial charge in [-0.15, -0.1) is 0 Å². The van der Waals surface area contributed by atoms with E-state index in [1.165, 1.54) is 0 Å². The maximum Gasteiger partial charge on any atom is 0.296 e. The number of nitrogens with one attached hydrogen (secondary N) is 2. The predicted molar refractivity (Wildman–Crippen MR) is 112 cm³/mol. The smallest absolute Gasteiger partial charge is 0.296 e. The quantitative estimate of drug-likeness (QED) is 0.548. The van der Waals surface area contributed by atoms with Crippen molar-refractivity contribution >= 4 is 28.6 Å². The number of nitrogens with zero attached hydrogens (tertiary/aromatic N) is 2. The number of allylic oxidation sites excluding steroid dienone is 1. The van der Waals surface area contributed by atoms with Crippen molar-refractivity contribution in [2.45, 2.75) is 6.92 Å². The first kappa shape index (κ1) is 22.3. The third-order valence-electron chi connectivity index (χ3n) is 5.00. The van der Waals surface area contributed by atoms with Gasteiger partial charge in [-0.1, -0.05) is 18.2 Å². The number of hydrogen-bond acceptors (Lipinski definition) is 4. The number of halogens is 1. The lowest BCUT2D eigenvalue weighted by atomic mass is 10.1. The van der Waals surface area contributed by atoms with Gasteiger partial charge in [-0.05, 0) is 48.4 Å². The van der Waals surface area contributed by atoms with Gasteiger partial charge in [-0.2, -0.15) is 5.26 Å². The summed E-state index contributed by atoms with van der Waals surface area (Å²) in [6.07, 6.45) is 1.80. The van der Waals surface area contributed by atoms with Gasteiger partial charge < -0.3 is 26.8 Å². The molecule has 31 heavy (non-hydrogen) atoms. The van der Waals surface area contributed by atoms with E-state index in [1.807, 2.05) is 37.3 Å². The molecule has 160 valence electrons. The number of fused-ring (bicyclic) bond motifs is 1. The number of aromatic amines is 2. The van der Waals surface area contributed by atoms with Crippen LogP contribution in [0.3, 0.4) is 0 Å². The lowest BCUT2D eigenvalue weighted by Gasteiger charge is -2.26. The summed E-state index contributed by atoms with van der Waals surface area (Å²) >= 11 is 0. The topological polar surface area (TPSA) is 92.5 Å². The number of carbonyl (C=O) groups excluding carboxylic acids is 1. The first-order chi connectivity index (χ1) is 14.6.